The molecule has 0 bridgehead atoms. The summed E-state index contributed by atoms with van der Waals surface area (Å²) in [7, 11) is 0. The maximum atomic E-state index is 5.75. The van der Waals surface area contributed by atoms with Gasteiger partial charge in [0.25, 0.3) is 0 Å². The normalized spacial score (nSPS) is 19.6. The summed E-state index contributed by atoms with van der Waals surface area (Å²) >= 11 is 1.89. The van der Waals surface area contributed by atoms with Gasteiger partial charge in [0.1, 0.15) is 18.9 Å². The second-order valence-electron chi connectivity index (χ2n) is 9.50. The number of fused-ring (bicyclic) bond motifs is 2. The maximum Gasteiger partial charge on any atom is 0.228 e. The molecule has 0 radical (unpaired) electrons. The summed E-state index contributed by atoms with van der Waals surface area (Å²) < 4.78 is 20.8. The second-order valence-corrected chi connectivity index (χ2v) is 10.5. The molecule has 35 heavy (non-hydrogen) atoms. The number of rotatable bonds is 4. The highest BCUT2D eigenvalue weighted by Crippen LogP contribution is 2.39. The first kappa shape index (κ1) is 23.2. The van der Waals surface area contributed by atoms with Crippen LogP contribution in [0.15, 0.2) is 24.3 Å². The van der Waals surface area contributed by atoms with Gasteiger partial charge in [0.05, 0.1) is 47.2 Å². The summed E-state index contributed by atoms with van der Waals surface area (Å²) in [4.78, 5) is 11.5. The van der Waals surface area contributed by atoms with E-state index in [1.54, 1.807) is 0 Å². The minimum absolute atomic E-state index is 0.773. The van der Waals surface area contributed by atoms with Gasteiger partial charge >= 0.3 is 0 Å². The molecule has 6 rings (SSSR count). The summed E-state index contributed by atoms with van der Waals surface area (Å²) in [6.07, 6.45) is 2.17. The van der Waals surface area contributed by atoms with E-state index in [4.69, 9.17) is 19.2 Å². The van der Waals surface area contributed by atoms with Crippen molar-refractivity contribution in [2.75, 3.05) is 88.7 Å². The topological polar surface area (TPSA) is 50.1 Å². The minimum Gasteiger partial charge on any atom is -0.378 e. The van der Waals surface area contributed by atoms with Crippen LogP contribution < -0.4 is 19.7 Å². The highest BCUT2D eigenvalue weighted by molar-refractivity contribution is 7.22. The number of hydrogen-bond donors (Lipinski definition) is 0. The van der Waals surface area contributed by atoms with Crippen molar-refractivity contribution < 1.29 is 14.2 Å². The van der Waals surface area contributed by atoms with Crippen LogP contribution in [0.2, 0.25) is 0 Å². The first-order chi connectivity index (χ1) is 17.3. The van der Waals surface area contributed by atoms with Crippen LogP contribution >= 0.6 is 11.3 Å². The van der Waals surface area contributed by atoms with E-state index in [1.807, 2.05) is 11.3 Å². The van der Waals surface area contributed by atoms with E-state index in [0.29, 0.717) is 0 Å². The predicted octanol–water partition coefficient (Wildman–Crippen LogP) is 2.83. The van der Waals surface area contributed by atoms with Gasteiger partial charge in [-0.2, -0.15) is 0 Å². The molecule has 0 spiro atoms. The molecule has 4 heterocycles. The fourth-order valence-corrected chi connectivity index (χ4v) is 6.63. The van der Waals surface area contributed by atoms with E-state index < -0.39 is 0 Å². The van der Waals surface area contributed by atoms with Gasteiger partial charge < -0.3 is 24.0 Å². The number of aryl methyl sites for hydroxylation is 1. The Kier molecular flexibility index (Phi) is 6.87. The van der Waals surface area contributed by atoms with E-state index in [-0.39, 0.29) is 0 Å². The molecule has 0 unspecified atom stereocenters. The Morgan fingerprint density at radius 2 is 1.57 bits per heavy atom. The Labute approximate surface area is 210 Å². The molecule has 4 aliphatic heterocycles. The van der Waals surface area contributed by atoms with Crippen molar-refractivity contribution >= 4 is 32.9 Å². The largest absolute Gasteiger partial charge is 0.378 e. The van der Waals surface area contributed by atoms with Gasteiger partial charge in [-0.15, -0.1) is 11.3 Å². The molecular weight excluding hydrogens is 460 g/mol. The molecule has 3 fully saturated rings. The summed E-state index contributed by atoms with van der Waals surface area (Å²) in [5, 5.41) is 1.39. The van der Waals surface area contributed by atoms with Gasteiger partial charge in [-0.3, -0.25) is 0 Å². The summed E-state index contributed by atoms with van der Waals surface area (Å²) in [5.74, 6) is 0. The van der Waals surface area contributed by atoms with E-state index in [0.717, 1.165) is 103 Å². The van der Waals surface area contributed by atoms with Gasteiger partial charge in [-0.25, -0.2) is 9.56 Å². The number of anilines is 2. The molecular formula is C27H35N4O3S+. The maximum absolute atomic E-state index is 5.75. The monoisotopic (exact) mass is 495 g/mol. The molecule has 0 atom stereocenters. The summed E-state index contributed by atoms with van der Waals surface area (Å²) in [5.41, 5.74) is 6.22. The Morgan fingerprint density at radius 3 is 2.29 bits per heavy atom. The van der Waals surface area contributed by atoms with Gasteiger partial charge in [0.15, 0.2) is 13.1 Å². The molecule has 0 N–H and O–H groups in total. The number of ether oxygens (including phenoxy) is 3. The van der Waals surface area contributed by atoms with E-state index >= 15 is 0 Å². The molecule has 0 saturated carbocycles. The van der Waals surface area contributed by atoms with Crippen molar-refractivity contribution in [3.05, 3.63) is 35.2 Å². The Morgan fingerprint density at radius 1 is 0.886 bits per heavy atom. The van der Waals surface area contributed by atoms with Gasteiger partial charge in [-0.1, -0.05) is 13.3 Å². The average Bonchev–Trinajstić information content (AvgIpc) is 2.92. The number of benzene rings is 2. The van der Waals surface area contributed by atoms with E-state index in [1.165, 1.54) is 31.9 Å². The third-order valence-corrected chi connectivity index (χ3v) is 8.39. The highest BCUT2D eigenvalue weighted by atomic mass is 32.1. The second kappa shape index (κ2) is 10.4. The zero-order chi connectivity index (χ0) is 23.6. The number of hydrogen-bond acceptors (Lipinski definition) is 7. The summed E-state index contributed by atoms with van der Waals surface area (Å²) in [6, 6.07) is 9.10. The van der Waals surface area contributed by atoms with Crippen molar-refractivity contribution in [2.45, 2.75) is 19.8 Å². The van der Waals surface area contributed by atoms with Crippen molar-refractivity contribution in [1.82, 2.24) is 9.56 Å². The van der Waals surface area contributed by atoms with Crippen LogP contribution in [0, 0.1) is 0 Å². The lowest BCUT2D eigenvalue weighted by molar-refractivity contribution is 0.0962. The van der Waals surface area contributed by atoms with Crippen LogP contribution in [0.1, 0.15) is 18.9 Å². The molecule has 1 aromatic rings. The molecule has 0 amide bonds. The Balaban J connectivity index is 1.59. The Hall–Kier alpha value is -2.26. The number of morpholine rings is 3. The molecule has 8 heteroatoms. The zero-order valence-electron chi connectivity index (χ0n) is 20.6. The third kappa shape index (κ3) is 4.65. The molecule has 1 aromatic carbocycles. The van der Waals surface area contributed by atoms with Crippen LogP contribution in [0.4, 0.5) is 11.4 Å². The fraction of sp³-hybridized carbons (Fsp3) is 0.556. The molecule has 1 aliphatic carbocycles. The smallest absolute Gasteiger partial charge is 0.228 e. The SMILES string of the molecule is CCCc1cc2nc3ccc(N4CCOCC4)cc3sc-2c(N2CCOCC2)c1=[N+]1CCOCC1. The van der Waals surface area contributed by atoms with Gasteiger partial charge in [-0.05, 0) is 30.7 Å². The van der Waals surface area contributed by atoms with E-state index in [9.17, 15) is 0 Å². The standard InChI is InChI=1S/C27H35N4O3S/c1-2-3-20-18-23-27(26(31-10-16-34-17-11-31)25(20)30-8-14-33-15-9-30)35-24-19-21(4-5-22(24)28-23)29-6-12-32-13-7-29/h4-5,18-19H,2-3,6-17H2,1H3/q+1. The van der Waals surface area contributed by atoms with E-state index in [2.05, 4.69) is 45.6 Å². The third-order valence-electron chi connectivity index (χ3n) is 7.23. The van der Waals surface area contributed by atoms with Crippen molar-refractivity contribution in [3.8, 4) is 10.6 Å². The zero-order valence-corrected chi connectivity index (χ0v) is 21.4. The molecule has 7 nitrogen and oxygen atoms in total. The predicted molar refractivity (Wildman–Crippen MR) is 142 cm³/mol. The number of nitrogens with zero attached hydrogens (tertiary/aromatic N) is 4. The lowest BCUT2D eigenvalue weighted by atomic mass is 10.0. The molecule has 5 aliphatic rings. The first-order valence-electron chi connectivity index (χ1n) is 13.0. The Bertz CT molecular complexity index is 1220. The quantitative estimate of drug-likeness (QED) is 0.410. The molecule has 0 aromatic heterocycles. The van der Waals surface area contributed by atoms with Gasteiger partial charge in [0, 0.05) is 37.4 Å². The van der Waals surface area contributed by atoms with Crippen LogP contribution in [-0.2, 0) is 20.6 Å². The lowest BCUT2D eigenvalue weighted by Crippen LogP contribution is -2.46. The van der Waals surface area contributed by atoms with Crippen LogP contribution in [-0.4, -0.2) is 83.9 Å². The minimum atomic E-state index is 0.773. The molecule has 186 valence electrons. The van der Waals surface area contributed by atoms with Crippen LogP contribution in [0.25, 0.3) is 20.8 Å². The fourth-order valence-electron chi connectivity index (χ4n) is 5.48. The van der Waals surface area contributed by atoms with Gasteiger partial charge in [0.2, 0.25) is 5.36 Å². The summed E-state index contributed by atoms with van der Waals surface area (Å²) in [6.45, 7) is 12.6. The van der Waals surface area contributed by atoms with Crippen molar-refractivity contribution in [2.24, 2.45) is 0 Å². The number of aromatic nitrogens is 1. The van der Waals surface area contributed by atoms with Crippen LogP contribution in [0.5, 0.6) is 0 Å². The van der Waals surface area contributed by atoms with Crippen LogP contribution in [0.3, 0.4) is 0 Å². The first-order valence-corrected chi connectivity index (χ1v) is 13.8. The van der Waals surface area contributed by atoms with Crippen molar-refractivity contribution in [3.63, 3.8) is 0 Å². The average molecular weight is 496 g/mol. The van der Waals surface area contributed by atoms with Crippen molar-refractivity contribution in [1.29, 1.82) is 0 Å². The molecule has 3 saturated heterocycles. The highest BCUT2D eigenvalue weighted by Gasteiger charge is 2.29. The lowest BCUT2D eigenvalue weighted by Gasteiger charge is -2.31.